The van der Waals surface area contributed by atoms with Crippen molar-refractivity contribution in [3.05, 3.63) is 33.8 Å². The van der Waals surface area contributed by atoms with Crippen molar-refractivity contribution in [1.82, 2.24) is 10.2 Å². The van der Waals surface area contributed by atoms with Gasteiger partial charge in [0.05, 0.1) is 5.56 Å². The molecule has 2 rings (SSSR count). The minimum Gasteiger partial charge on any atom is -0.359 e. The smallest absolute Gasteiger partial charge is 0.255 e. The highest BCUT2D eigenvalue weighted by atomic mass is 79.9. The molecule has 1 saturated heterocycles. The molecule has 0 aliphatic carbocycles. The second-order valence-electron chi connectivity index (χ2n) is 5.12. The molecular weight excluding hydrogens is 320 g/mol. The first-order chi connectivity index (χ1) is 9.54. The van der Waals surface area contributed by atoms with Crippen LogP contribution in [0.3, 0.4) is 0 Å². The number of hydrogen-bond acceptors (Lipinski definition) is 2. The minimum absolute atomic E-state index is 0.0324. The molecule has 0 bridgehead atoms. The van der Waals surface area contributed by atoms with E-state index in [1.54, 1.807) is 7.05 Å². The Balaban J connectivity index is 2.05. The van der Waals surface area contributed by atoms with Crippen molar-refractivity contribution < 1.29 is 9.59 Å². The number of aryl methyl sites for hydroxylation is 1. The van der Waals surface area contributed by atoms with Crippen LogP contribution < -0.4 is 5.32 Å². The van der Waals surface area contributed by atoms with E-state index in [1.165, 1.54) is 0 Å². The Morgan fingerprint density at radius 2 is 1.95 bits per heavy atom. The van der Waals surface area contributed by atoms with Crippen LogP contribution in [0.1, 0.15) is 28.8 Å². The third kappa shape index (κ3) is 3.03. The molecule has 2 amide bonds. The molecule has 0 radical (unpaired) electrons. The van der Waals surface area contributed by atoms with Crippen molar-refractivity contribution in [3.63, 3.8) is 0 Å². The molecule has 0 spiro atoms. The SMILES string of the molecule is CNC(=O)C1CCN(C(=O)c2cccc(C)c2Br)CC1. The molecule has 0 atom stereocenters. The number of nitrogens with one attached hydrogen (secondary N) is 1. The summed E-state index contributed by atoms with van der Waals surface area (Å²) in [6, 6.07) is 5.70. The van der Waals surface area contributed by atoms with Gasteiger partial charge in [-0.05, 0) is 47.3 Å². The molecule has 4 nitrogen and oxygen atoms in total. The summed E-state index contributed by atoms with van der Waals surface area (Å²) < 4.78 is 0.860. The van der Waals surface area contributed by atoms with Crippen LogP contribution in [0, 0.1) is 12.8 Å². The standard InChI is InChI=1S/C15H19BrN2O2/c1-10-4-3-5-12(13(10)16)15(20)18-8-6-11(7-9-18)14(19)17-2/h3-5,11H,6-9H2,1-2H3,(H,17,19). The number of halogens is 1. The molecule has 1 aromatic carbocycles. The summed E-state index contributed by atoms with van der Waals surface area (Å²) in [6.45, 7) is 3.24. The van der Waals surface area contributed by atoms with E-state index in [4.69, 9.17) is 0 Å². The number of amides is 2. The highest BCUT2D eigenvalue weighted by Gasteiger charge is 2.28. The zero-order chi connectivity index (χ0) is 14.7. The van der Waals surface area contributed by atoms with Gasteiger partial charge in [-0.15, -0.1) is 0 Å². The zero-order valence-electron chi connectivity index (χ0n) is 11.8. The van der Waals surface area contributed by atoms with Gasteiger partial charge in [-0.25, -0.2) is 0 Å². The van der Waals surface area contributed by atoms with Gasteiger partial charge in [0.15, 0.2) is 0 Å². The maximum atomic E-state index is 12.5. The normalized spacial score (nSPS) is 16.1. The Kier molecular flexibility index (Phi) is 4.81. The Labute approximate surface area is 127 Å². The van der Waals surface area contributed by atoms with Crippen molar-refractivity contribution in [2.24, 2.45) is 5.92 Å². The lowest BCUT2D eigenvalue weighted by molar-refractivity contribution is -0.125. The Morgan fingerprint density at radius 1 is 1.30 bits per heavy atom. The fourth-order valence-corrected chi connectivity index (χ4v) is 2.97. The second-order valence-corrected chi connectivity index (χ2v) is 5.91. The molecule has 20 heavy (non-hydrogen) atoms. The average molecular weight is 339 g/mol. The fourth-order valence-electron chi connectivity index (χ4n) is 2.53. The van der Waals surface area contributed by atoms with Crippen LogP contribution in [0.2, 0.25) is 0 Å². The summed E-state index contributed by atoms with van der Waals surface area (Å²) >= 11 is 3.48. The highest BCUT2D eigenvalue weighted by molar-refractivity contribution is 9.10. The predicted octanol–water partition coefficient (Wildman–Crippen LogP) is 2.36. The summed E-state index contributed by atoms with van der Waals surface area (Å²) in [5.74, 6) is 0.148. The van der Waals surface area contributed by atoms with Gasteiger partial charge in [0.1, 0.15) is 0 Å². The van der Waals surface area contributed by atoms with Crippen LogP contribution in [0.25, 0.3) is 0 Å². The number of piperidine rings is 1. The van der Waals surface area contributed by atoms with Crippen LogP contribution in [-0.4, -0.2) is 36.9 Å². The van der Waals surface area contributed by atoms with Crippen molar-refractivity contribution >= 4 is 27.7 Å². The van der Waals surface area contributed by atoms with Gasteiger partial charge < -0.3 is 10.2 Å². The van der Waals surface area contributed by atoms with Gasteiger partial charge in [-0.1, -0.05) is 12.1 Å². The highest BCUT2D eigenvalue weighted by Crippen LogP contribution is 2.25. The summed E-state index contributed by atoms with van der Waals surface area (Å²) in [5, 5.41) is 2.68. The lowest BCUT2D eigenvalue weighted by atomic mass is 9.95. The Hall–Kier alpha value is -1.36. The first-order valence-corrected chi connectivity index (χ1v) is 7.60. The number of likely N-dealkylation sites (tertiary alicyclic amines) is 1. The van der Waals surface area contributed by atoms with E-state index in [0.29, 0.717) is 18.7 Å². The first kappa shape index (κ1) is 15.0. The molecule has 0 unspecified atom stereocenters. The summed E-state index contributed by atoms with van der Waals surface area (Å²) in [7, 11) is 1.66. The van der Waals surface area contributed by atoms with Crippen molar-refractivity contribution in [3.8, 4) is 0 Å². The van der Waals surface area contributed by atoms with Gasteiger partial charge in [0.2, 0.25) is 5.91 Å². The van der Waals surface area contributed by atoms with E-state index in [9.17, 15) is 9.59 Å². The molecular formula is C15H19BrN2O2. The van der Waals surface area contributed by atoms with Crippen LogP contribution in [0.5, 0.6) is 0 Å². The Bertz CT molecular complexity index is 523. The molecule has 1 N–H and O–H groups in total. The fraction of sp³-hybridized carbons (Fsp3) is 0.467. The van der Waals surface area contributed by atoms with Crippen molar-refractivity contribution in [2.45, 2.75) is 19.8 Å². The molecule has 1 aromatic rings. The second kappa shape index (κ2) is 6.39. The summed E-state index contributed by atoms with van der Waals surface area (Å²) in [4.78, 5) is 25.9. The van der Waals surface area contributed by atoms with Crippen LogP contribution >= 0.6 is 15.9 Å². The zero-order valence-corrected chi connectivity index (χ0v) is 13.4. The molecule has 0 aromatic heterocycles. The van der Waals surface area contributed by atoms with E-state index in [-0.39, 0.29) is 17.7 Å². The van der Waals surface area contributed by atoms with Gasteiger partial charge in [-0.2, -0.15) is 0 Å². The lowest BCUT2D eigenvalue weighted by Crippen LogP contribution is -2.42. The summed E-state index contributed by atoms with van der Waals surface area (Å²) in [5.41, 5.74) is 1.75. The largest absolute Gasteiger partial charge is 0.359 e. The number of hydrogen-bond donors (Lipinski definition) is 1. The summed E-state index contributed by atoms with van der Waals surface area (Å²) in [6.07, 6.45) is 1.46. The minimum atomic E-state index is 0.0324. The van der Waals surface area contributed by atoms with E-state index < -0.39 is 0 Å². The maximum Gasteiger partial charge on any atom is 0.255 e. The third-order valence-electron chi connectivity index (χ3n) is 3.82. The topological polar surface area (TPSA) is 49.4 Å². The van der Waals surface area contributed by atoms with Gasteiger partial charge in [0, 0.05) is 30.5 Å². The van der Waals surface area contributed by atoms with Crippen LogP contribution in [0.4, 0.5) is 0 Å². The third-order valence-corrected chi connectivity index (χ3v) is 4.87. The molecule has 0 saturated carbocycles. The maximum absolute atomic E-state index is 12.5. The molecule has 1 fully saturated rings. The van der Waals surface area contributed by atoms with Crippen molar-refractivity contribution in [2.75, 3.05) is 20.1 Å². The van der Waals surface area contributed by atoms with Gasteiger partial charge in [-0.3, -0.25) is 9.59 Å². The number of nitrogens with zero attached hydrogens (tertiary/aromatic N) is 1. The predicted molar refractivity (Wildman–Crippen MR) is 81.6 cm³/mol. The molecule has 5 heteroatoms. The Morgan fingerprint density at radius 3 is 2.55 bits per heavy atom. The molecule has 1 heterocycles. The lowest BCUT2D eigenvalue weighted by Gasteiger charge is -2.31. The molecule has 1 aliphatic rings. The molecule has 1 aliphatic heterocycles. The number of rotatable bonds is 2. The van der Waals surface area contributed by atoms with Crippen LogP contribution in [-0.2, 0) is 4.79 Å². The van der Waals surface area contributed by atoms with E-state index in [2.05, 4.69) is 21.2 Å². The van der Waals surface area contributed by atoms with E-state index >= 15 is 0 Å². The quantitative estimate of drug-likeness (QED) is 0.899. The number of benzene rings is 1. The number of carbonyl (C=O) groups excluding carboxylic acids is 2. The van der Waals surface area contributed by atoms with E-state index in [1.807, 2.05) is 30.0 Å². The number of carbonyl (C=O) groups is 2. The monoisotopic (exact) mass is 338 g/mol. The van der Waals surface area contributed by atoms with Crippen molar-refractivity contribution in [1.29, 1.82) is 0 Å². The van der Waals surface area contributed by atoms with E-state index in [0.717, 1.165) is 22.9 Å². The van der Waals surface area contributed by atoms with Crippen LogP contribution in [0.15, 0.2) is 22.7 Å². The van der Waals surface area contributed by atoms with Gasteiger partial charge >= 0.3 is 0 Å². The van der Waals surface area contributed by atoms with Gasteiger partial charge in [0.25, 0.3) is 5.91 Å². The average Bonchev–Trinajstić information content (AvgIpc) is 2.48. The molecule has 108 valence electrons. The first-order valence-electron chi connectivity index (χ1n) is 6.80.